The van der Waals surface area contributed by atoms with E-state index in [1.54, 1.807) is 0 Å². The summed E-state index contributed by atoms with van der Waals surface area (Å²) < 4.78 is 0. The summed E-state index contributed by atoms with van der Waals surface area (Å²) in [4.78, 5) is 0. The molecule has 0 spiro atoms. The summed E-state index contributed by atoms with van der Waals surface area (Å²) in [6.07, 6.45) is 0.421. The molecule has 11 heavy (non-hydrogen) atoms. The lowest BCUT2D eigenvalue weighted by Crippen LogP contribution is -2.26. The number of halogens is 1. The van der Waals surface area contributed by atoms with Crippen LogP contribution in [0, 0.1) is 28.1 Å². The molecule has 0 fully saturated rings. The van der Waals surface area contributed by atoms with Crippen LogP contribution in [0.15, 0.2) is 0 Å². The molecule has 0 aliphatic rings. The molecule has 0 radical (unpaired) electrons. The van der Waals surface area contributed by atoms with Gasteiger partial charge in [0.2, 0.25) is 0 Å². The number of nitrogens with zero attached hydrogens (tertiary/aromatic N) is 2. The summed E-state index contributed by atoms with van der Waals surface area (Å²) >= 11 is 3.17. The molecule has 0 saturated heterocycles. The number of aliphatic hydroxyl groups is 1. The van der Waals surface area contributed by atoms with Crippen LogP contribution < -0.4 is 0 Å². The van der Waals surface area contributed by atoms with Gasteiger partial charge in [0, 0.05) is 23.6 Å². The zero-order valence-electron chi connectivity index (χ0n) is 6.05. The van der Waals surface area contributed by atoms with Crippen LogP contribution in [0.25, 0.3) is 0 Å². The smallest absolute Gasteiger partial charge is 0.0629 e. The number of nitriles is 2. The molecule has 0 aromatic heterocycles. The van der Waals surface area contributed by atoms with Crippen molar-refractivity contribution in [1.82, 2.24) is 0 Å². The monoisotopic (exact) mass is 216 g/mol. The van der Waals surface area contributed by atoms with Gasteiger partial charge in [0.25, 0.3) is 0 Å². The zero-order chi connectivity index (χ0) is 8.74. The third kappa shape index (κ3) is 2.88. The summed E-state index contributed by atoms with van der Waals surface area (Å²) in [6.45, 7) is -0.126. The minimum atomic E-state index is -0.566. The lowest BCUT2D eigenvalue weighted by Gasteiger charge is -2.22. The Morgan fingerprint density at radius 3 is 1.91 bits per heavy atom. The highest BCUT2D eigenvalue weighted by molar-refractivity contribution is 9.09. The van der Waals surface area contributed by atoms with E-state index in [-0.39, 0.29) is 19.4 Å². The van der Waals surface area contributed by atoms with Crippen molar-refractivity contribution in [2.75, 3.05) is 11.9 Å². The number of aliphatic hydroxyl groups excluding tert-OH is 1. The number of rotatable bonds is 4. The van der Waals surface area contributed by atoms with E-state index in [2.05, 4.69) is 15.9 Å². The van der Waals surface area contributed by atoms with Crippen LogP contribution in [0.1, 0.15) is 12.8 Å². The van der Waals surface area contributed by atoms with Crippen molar-refractivity contribution in [2.45, 2.75) is 12.8 Å². The Balaban J connectivity index is 4.25. The van der Waals surface area contributed by atoms with E-state index in [1.807, 2.05) is 12.1 Å². The van der Waals surface area contributed by atoms with Gasteiger partial charge in [-0.1, -0.05) is 15.9 Å². The van der Waals surface area contributed by atoms with Crippen molar-refractivity contribution < 1.29 is 5.11 Å². The second-order valence-electron chi connectivity index (χ2n) is 2.46. The van der Waals surface area contributed by atoms with E-state index in [0.717, 1.165) is 0 Å². The fourth-order valence-electron chi connectivity index (χ4n) is 0.646. The second kappa shape index (κ2) is 5.12. The fraction of sp³-hybridized carbons (Fsp3) is 0.714. The minimum absolute atomic E-state index is 0.126. The third-order valence-electron chi connectivity index (χ3n) is 1.53. The van der Waals surface area contributed by atoms with Gasteiger partial charge in [-0.3, -0.25) is 0 Å². The Hall–Kier alpha value is -0.580. The third-order valence-corrected chi connectivity index (χ3v) is 2.72. The first-order chi connectivity index (χ1) is 5.24. The van der Waals surface area contributed by atoms with Crippen LogP contribution in [-0.4, -0.2) is 17.0 Å². The van der Waals surface area contributed by atoms with E-state index in [0.29, 0.717) is 5.33 Å². The first kappa shape index (κ1) is 10.4. The molecule has 0 rings (SSSR count). The maximum atomic E-state index is 8.91. The lowest BCUT2D eigenvalue weighted by molar-refractivity contribution is 0.156. The quantitative estimate of drug-likeness (QED) is 0.719. The molecule has 1 N–H and O–H groups in total. The second-order valence-corrected chi connectivity index (χ2v) is 3.02. The largest absolute Gasteiger partial charge is 0.396 e. The van der Waals surface area contributed by atoms with E-state index in [9.17, 15) is 0 Å². The number of hydrogen-bond acceptors (Lipinski definition) is 3. The van der Waals surface area contributed by atoms with Crippen molar-refractivity contribution in [3.63, 3.8) is 0 Å². The zero-order valence-corrected chi connectivity index (χ0v) is 7.63. The van der Waals surface area contributed by atoms with Gasteiger partial charge in [-0.25, -0.2) is 0 Å². The highest BCUT2D eigenvalue weighted by Crippen LogP contribution is 2.27. The maximum Gasteiger partial charge on any atom is 0.0629 e. The van der Waals surface area contributed by atoms with Gasteiger partial charge < -0.3 is 5.11 Å². The predicted octanol–water partition coefficient (Wildman–Crippen LogP) is 1.19. The SMILES string of the molecule is N#CCC(CO)(CBr)CC#N. The molecule has 0 bridgehead atoms. The topological polar surface area (TPSA) is 67.8 Å². The van der Waals surface area contributed by atoms with Crippen molar-refractivity contribution in [3.8, 4) is 12.1 Å². The fourth-order valence-corrected chi connectivity index (χ4v) is 1.22. The molecule has 0 atom stereocenters. The molecular formula is C7H9BrN2O. The molecule has 0 aliphatic carbocycles. The lowest BCUT2D eigenvalue weighted by atomic mass is 9.85. The molecule has 0 aromatic rings. The van der Waals surface area contributed by atoms with Gasteiger partial charge >= 0.3 is 0 Å². The molecule has 0 heterocycles. The van der Waals surface area contributed by atoms with Gasteiger partial charge in [-0.05, 0) is 0 Å². The van der Waals surface area contributed by atoms with Crippen LogP contribution in [0.4, 0.5) is 0 Å². The Labute approximate surface area is 74.4 Å². The summed E-state index contributed by atoms with van der Waals surface area (Å²) in [5.41, 5.74) is -0.566. The first-order valence-corrected chi connectivity index (χ1v) is 4.27. The molecule has 0 aromatic carbocycles. The van der Waals surface area contributed by atoms with Gasteiger partial charge in [-0.15, -0.1) is 0 Å². The van der Waals surface area contributed by atoms with E-state index in [4.69, 9.17) is 15.6 Å². The van der Waals surface area contributed by atoms with Gasteiger partial charge in [0.05, 0.1) is 18.7 Å². The Morgan fingerprint density at radius 2 is 1.73 bits per heavy atom. The van der Waals surface area contributed by atoms with Gasteiger partial charge in [-0.2, -0.15) is 10.5 Å². The average Bonchev–Trinajstić information content (AvgIpc) is 2.04. The van der Waals surface area contributed by atoms with Crippen molar-refractivity contribution in [2.24, 2.45) is 5.41 Å². The van der Waals surface area contributed by atoms with Crippen LogP contribution in [-0.2, 0) is 0 Å². The highest BCUT2D eigenvalue weighted by Gasteiger charge is 2.27. The summed E-state index contributed by atoms with van der Waals surface area (Å²) in [5.74, 6) is 0. The number of alkyl halides is 1. The van der Waals surface area contributed by atoms with Crippen molar-refractivity contribution in [1.29, 1.82) is 10.5 Å². The molecule has 0 unspecified atom stereocenters. The predicted molar refractivity (Wildman–Crippen MR) is 43.8 cm³/mol. The summed E-state index contributed by atoms with van der Waals surface area (Å²) in [7, 11) is 0. The van der Waals surface area contributed by atoms with E-state index >= 15 is 0 Å². The molecule has 0 amide bonds. The van der Waals surface area contributed by atoms with Gasteiger partial charge in [0.15, 0.2) is 0 Å². The van der Waals surface area contributed by atoms with Crippen molar-refractivity contribution >= 4 is 15.9 Å². The standard InChI is InChI=1S/C7H9BrN2O/c8-5-7(6-11,1-3-9)2-4-10/h11H,1-2,5-6H2. The first-order valence-electron chi connectivity index (χ1n) is 3.15. The van der Waals surface area contributed by atoms with Crippen LogP contribution in [0.2, 0.25) is 0 Å². The van der Waals surface area contributed by atoms with Gasteiger partial charge in [0.1, 0.15) is 0 Å². The average molecular weight is 217 g/mol. The van der Waals surface area contributed by atoms with E-state index in [1.165, 1.54) is 0 Å². The summed E-state index contributed by atoms with van der Waals surface area (Å²) in [5, 5.41) is 26.2. The molecule has 60 valence electrons. The normalized spacial score (nSPS) is 10.2. The Morgan fingerprint density at radius 1 is 1.27 bits per heavy atom. The number of hydrogen-bond donors (Lipinski definition) is 1. The Kier molecular flexibility index (Phi) is 4.85. The maximum absolute atomic E-state index is 8.91. The van der Waals surface area contributed by atoms with Crippen LogP contribution in [0.5, 0.6) is 0 Å². The molecule has 0 aliphatic heterocycles. The van der Waals surface area contributed by atoms with Crippen LogP contribution >= 0.6 is 15.9 Å². The summed E-state index contributed by atoms with van der Waals surface area (Å²) in [6, 6.07) is 3.91. The van der Waals surface area contributed by atoms with Crippen molar-refractivity contribution in [3.05, 3.63) is 0 Å². The molecule has 3 nitrogen and oxygen atoms in total. The Bertz CT molecular complexity index is 170. The minimum Gasteiger partial charge on any atom is -0.396 e. The van der Waals surface area contributed by atoms with E-state index < -0.39 is 5.41 Å². The molecule has 0 saturated carbocycles. The molecular weight excluding hydrogens is 208 g/mol. The molecule has 4 heteroatoms. The highest BCUT2D eigenvalue weighted by atomic mass is 79.9. The van der Waals surface area contributed by atoms with Crippen LogP contribution in [0.3, 0.4) is 0 Å².